The molecule has 156 valence electrons. The van der Waals surface area contributed by atoms with Crippen LogP contribution in [0.3, 0.4) is 0 Å². The van der Waals surface area contributed by atoms with Gasteiger partial charge in [-0.05, 0) is 45.6 Å². The molecule has 0 bridgehead atoms. The number of aryl methyl sites for hydroxylation is 1. The number of rotatable bonds is 5. The van der Waals surface area contributed by atoms with Crippen molar-refractivity contribution >= 4 is 5.91 Å². The quantitative estimate of drug-likeness (QED) is 0.758. The average Bonchev–Trinajstić information content (AvgIpc) is 2.67. The third-order valence-electron chi connectivity index (χ3n) is 7.15. The van der Waals surface area contributed by atoms with Gasteiger partial charge in [-0.3, -0.25) is 14.6 Å². The molecule has 4 heteroatoms. The molecule has 0 aromatic heterocycles. The fourth-order valence-electron chi connectivity index (χ4n) is 5.13. The van der Waals surface area contributed by atoms with Gasteiger partial charge >= 0.3 is 0 Å². The van der Waals surface area contributed by atoms with E-state index in [2.05, 4.69) is 61.8 Å². The summed E-state index contributed by atoms with van der Waals surface area (Å²) in [5.74, 6) is 0.223. The van der Waals surface area contributed by atoms with E-state index in [1.54, 1.807) is 6.92 Å². The fourth-order valence-corrected chi connectivity index (χ4v) is 5.13. The fraction of sp³-hybridized carbons (Fsp3) is 0.708. The average molecular weight is 386 g/mol. The van der Waals surface area contributed by atoms with Crippen molar-refractivity contribution in [2.45, 2.75) is 77.9 Å². The zero-order valence-corrected chi connectivity index (χ0v) is 18.6. The van der Waals surface area contributed by atoms with Gasteiger partial charge in [-0.25, -0.2) is 0 Å². The van der Waals surface area contributed by atoms with Crippen molar-refractivity contribution in [2.75, 3.05) is 32.7 Å². The van der Waals surface area contributed by atoms with Gasteiger partial charge in [0.15, 0.2) is 0 Å². The van der Waals surface area contributed by atoms with Crippen LogP contribution in [0, 0.1) is 6.92 Å². The minimum atomic E-state index is 0.223. The number of hydrogen-bond donors (Lipinski definition) is 0. The molecule has 1 amide bonds. The number of piperidine rings is 1. The number of nitrogens with zero attached hydrogens (tertiary/aromatic N) is 3. The summed E-state index contributed by atoms with van der Waals surface area (Å²) in [7, 11) is 0. The number of carbonyl (C=O) groups excluding carboxylic acids is 1. The molecule has 2 unspecified atom stereocenters. The number of piperazine rings is 1. The molecular weight excluding hydrogens is 346 g/mol. The smallest absolute Gasteiger partial charge is 0.219 e. The van der Waals surface area contributed by atoms with Gasteiger partial charge in [-0.1, -0.05) is 43.2 Å². The van der Waals surface area contributed by atoms with Crippen molar-refractivity contribution in [3.05, 3.63) is 35.4 Å². The maximum Gasteiger partial charge on any atom is 0.219 e. The Bertz CT molecular complexity index is 648. The first-order chi connectivity index (χ1) is 13.3. The van der Waals surface area contributed by atoms with Crippen LogP contribution in [-0.2, 0) is 4.79 Å². The van der Waals surface area contributed by atoms with Crippen LogP contribution in [0.25, 0.3) is 0 Å². The minimum absolute atomic E-state index is 0.223. The van der Waals surface area contributed by atoms with Crippen LogP contribution >= 0.6 is 0 Å². The van der Waals surface area contributed by atoms with Gasteiger partial charge in [-0.15, -0.1) is 0 Å². The van der Waals surface area contributed by atoms with Crippen LogP contribution in [0.4, 0.5) is 0 Å². The van der Waals surface area contributed by atoms with E-state index in [0.29, 0.717) is 12.1 Å². The van der Waals surface area contributed by atoms with Crippen molar-refractivity contribution in [3.63, 3.8) is 0 Å². The second-order valence-electron chi connectivity index (χ2n) is 9.25. The third kappa shape index (κ3) is 4.60. The maximum absolute atomic E-state index is 11.7. The number of amides is 1. The Hall–Kier alpha value is -1.39. The van der Waals surface area contributed by atoms with E-state index in [4.69, 9.17) is 0 Å². The summed E-state index contributed by atoms with van der Waals surface area (Å²) in [6.07, 6.45) is 4.62. The van der Waals surface area contributed by atoms with E-state index in [1.807, 2.05) is 4.90 Å². The van der Waals surface area contributed by atoms with Gasteiger partial charge in [0, 0.05) is 57.3 Å². The molecule has 2 aliphatic heterocycles. The normalized spacial score (nSPS) is 24.9. The zero-order valence-electron chi connectivity index (χ0n) is 18.6. The van der Waals surface area contributed by atoms with Crippen LogP contribution in [-0.4, -0.2) is 64.9 Å². The first-order valence-electron chi connectivity index (χ1n) is 11.2. The molecule has 0 saturated carbocycles. The highest BCUT2D eigenvalue weighted by atomic mass is 16.2. The van der Waals surface area contributed by atoms with Crippen LogP contribution in [0.15, 0.2) is 24.3 Å². The second kappa shape index (κ2) is 8.96. The van der Waals surface area contributed by atoms with E-state index >= 15 is 0 Å². The Morgan fingerprint density at radius 3 is 2.32 bits per heavy atom. The molecule has 1 aromatic rings. The maximum atomic E-state index is 11.7. The molecule has 0 N–H and O–H groups in total. The van der Waals surface area contributed by atoms with Crippen molar-refractivity contribution < 1.29 is 4.79 Å². The van der Waals surface area contributed by atoms with E-state index in [9.17, 15) is 4.79 Å². The van der Waals surface area contributed by atoms with Crippen LogP contribution in [0.2, 0.25) is 0 Å². The molecule has 2 fully saturated rings. The molecule has 0 radical (unpaired) electrons. The summed E-state index contributed by atoms with van der Waals surface area (Å²) in [4.78, 5) is 19.1. The van der Waals surface area contributed by atoms with E-state index in [1.165, 1.54) is 24.0 Å². The highest BCUT2D eigenvalue weighted by Gasteiger charge is 2.40. The standard InChI is InChI=1S/C24H39N3O/c1-6-7-23(22-10-8-19(2)9-11-22)27-17-16-26(18-20(27)3)24(5)12-14-25(15-13-24)21(4)28/h8-11,20,23H,6-7,12-18H2,1-5H3. The number of hydrogen-bond acceptors (Lipinski definition) is 3. The highest BCUT2D eigenvalue weighted by molar-refractivity contribution is 5.73. The lowest BCUT2D eigenvalue weighted by Crippen LogP contribution is -2.62. The zero-order chi connectivity index (χ0) is 20.3. The summed E-state index contributed by atoms with van der Waals surface area (Å²) in [5, 5.41) is 0. The number of likely N-dealkylation sites (tertiary alicyclic amines) is 1. The Kier molecular flexibility index (Phi) is 6.82. The lowest BCUT2D eigenvalue weighted by atomic mass is 9.86. The Morgan fingerprint density at radius 1 is 1.14 bits per heavy atom. The SMILES string of the molecule is CCCC(c1ccc(C)cc1)N1CCN(C2(C)CCN(C(C)=O)CC2)CC1C. The van der Waals surface area contributed by atoms with Crippen molar-refractivity contribution in [1.29, 1.82) is 0 Å². The van der Waals surface area contributed by atoms with Crippen LogP contribution < -0.4 is 0 Å². The second-order valence-corrected chi connectivity index (χ2v) is 9.25. The van der Waals surface area contributed by atoms with E-state index < -0.39 is 0 Å². The third-order valence-corrected chi connectivity index (χ3v) is 7.15. The molecule has 2 saturated heterocycles. The highest BCUT2D eigenvalue weighted by Crippen LogP contribution is 2.34. The number of carbonyl (C=O) groups is 1. The lowest BCUT2D eigenvalue weighted by molar-refractivity contribution is -0.132. The van der Waals surface area contributed by atoms with Gasteiger partial charge in [0.05, 0.1) is 0 Å². The van der Waals surface area contributed by atoms with Crippen LogP contribution in [0.1, 0.15) is 70.5 Å². The molecule has 0 aliphatic carbocycles. The predicted octanol–water partition coefficient (Wildman–Crippen LogP) is 4.24. The van der Waals surface area contributed by atoms with Gasteiger partial charge in [0.25, 0.3) is 0 Å². The Morgan fingerprint density at radius 2 is 1.79 bits per heavy atom. The summed E-state index contributed by atoms with van der Waals surface area (Å²) in [5.41, 5.74) is 3.03. The topological polar surface area (TPSA) is 26.8 Å². The molecule has 2 aliphatic rings. The Labute approximate surface area is 171 Å². The predicted molar refractivity (Wildman–Crippen MR) is 116 cm³/mol. The van der Waals surface area contributed by atoms with Crippen molar-refractivity contribution in [3.8, 4) is 0 Å². The molecule has 3 rings (SSSR count). The Balaban J connectivity index is 1.66. The van der Waals surface area contributed by atoms with Crippen LogP contribution in [0.5, 0.6) is 0 Å². The van der Waals surface area contributed by atoms with Crippen molar-refractivity contribution in [1.82, 2.24) is 14.7 Å². The lowest BCUT2D eigenvalue weighted by Gasteiger charge is -2.53. The van der Waals surface area contributed by atoms with Gasteiger partial charge in [-0.2, -0.15) is 0 Å². The van der Waals surface area contributed by atoms with Crippen molar-refractivity contribution in [2.24, 2.45) is 0 Å². The summed E-state index contributed by atoms with van der Waals surface area (Å²) in [6.45, 7) is 16.2. The largest absolute Gasteiger partial charge is 0.343 e. The molecule has 2 atom stereocenters. The molecular formula is C24H39N3O. The molecule has 1 aromatic carbocycles. The van der Waals surface area contributed by atoms with Gasteiger partial charge in [0.1, 0.15) is 0 Å². The van der Waals surface area contributed by atoms with Gasteiger partial charge < -0.3 is 4.90 Å². The first kappa shape index (κ1) is 21.3. The molecule has 2 heterocycles. The monoisotopic (exact) mass is 385 g/mol. The molecule has 0 spiro atoms. The first-order valence-corrected chi connectivity index (χ1v) is 11.2. The van der Waals surface area contributed by atoms with E-state index in [0.717, 1.165) is 45.6 Å². The molecule has 4 nitrogen and oxygen atoms in total. The summed E-state index contributed by atoms with van der Waals surface area (Å²) < 4.78 is 0. The minimum Gasteiger partial charge on any atom is -0.343 e. The molecule has 28 heavy (non-hydrogen) atoms. The van der Waals surface area contributed by atoms with E-state index in [-0.39, 0.29) is 11.4 Å². The summed E-state index contributed by atoms with van der Waals surface area (Å²) >= 11 is 0. The summed E-state index contributed by atoms with van der Waals surface area (Å²) in [6, 6.07) is 10.2. The van der Waals surface area contributed by atoms with Gasteiger partial charge in [0.2, 0.25) is 5.91 Å². The number of benzene rings is 1.